The molecule has 2 aromatic rings. The molecule has 0 aliphatic carbocycles. The van der Waals surface area contributed by atoms with Gasteiger partial charge in [-0.1, -0.05) is 31.2 Å². The van der Waals surface area contributed by atoms with Crippen molar-refractivity contribution in [1.82, 2.24) is 10.6 Å². The molecule has 6 heteroatoms. The van der Waals surface area contributed by atoms with Gasteiger partial charge in [0.25, 0.3) is 0 Å². The molecule has 1 aromatic heterocycles. The molecule has 0 saturated heterocycles. The maximum Gasteiger partial charge on any atom is 0.191 e. The topological polar surface area (TPSA) is 39.7 Å². The highest BCUT2D eigenvalue weighted by Gasteiger charge is 2.08. The fourth-order valence-corrected chi connectivity index (χ4v) is 3.63. The lowest BCUT2D eigenvalue weighted by Crippen LogP contribution is -2.38. The number of nitrogens with zero attached hydrogens (tertiary/aromatic N) is 2. The van der Waals surface area contributed by atoms with E-state index in [1.807, 2.05) is 7.05 Å². The van der Waals surface area contributed by atoms with Crippen molar-refractivity contribution >= 4 is 47.0 Å². The third kappa shape index (κ3) is 5.74. The highest BCUT2D eigenvalue weighted by molar-refractivity contribution is 14.0. The Labute approximate surface area is 177 Å². The smallest absolute Gasteiger partial charge is 0.191 e. The number of guanidine groups is 1. The van der Waals surface area contributed by atoms with Gasteiger partial charge in [0.15, 0.2) is 5.96 Å². The number of halogens is 1. The first-order chi connectivity index (χ1) is 12.3. The molecule has 2 N–H and O–H groups in total. The highest BCUT2D eigenvalue weighted by Crippen LogP contribution is 2.18. The Morgan fingerprint density at radius 2 is 1.88 bits per heavy atom. The molecule has 0 fully saturated rings. The Bertz CT molecular complexity index is 702. The molecule has 1 atom stereocenters. The minimum atomic E-state index is 0. The molecule has 1 aromatic carbocycles. The lowest BCUT2D eigenvalue weighted by Gasteiger charge is -2.18. The van der Waals surface area contributed by atoms with Crippen LogP contribution in [-0.2, 0) is 6.54 Å². The first kappa shape index (κ1) is 20.8. The van der Waals surface area contributed by atoms with E-state index in [2.05, 4.69) is 80.7 Å². The van der Waals surface area contributed by atoms with E-state index in [0.29, 0.717) is 5.92 Å². The summed E-state index contributed by atoms with van der Waals surface area (Å²) in [6.45, 7) is 5.89. The van der Waals surface area contributed by atoms with Gasteiger partial charge in [0.2, 0.25) is 0 Å². The third-order valence-corrected chi connectivity index (χ3v) is 5.19. The zero-order valence-corrected chi connectivity index (χ0v) is 18.5. The Balaban J connectivity index is 0.00000243. The maximum absolute atomic E-state index is 4.32. The van der Waals surface area contributed by atoms with Crippen LogP contribution in [0.5, 0.6) is 0 Å². The molecule has 3 rings (SSSR count). The number of benzene rings is 1. The van der Waals surface area contributed by atoms with E-state index < -0.39 is 0 Å². The molecule has 0 amide bonds. The van der Waals surface area contributed by atoms with Crippen LogP contribution >= 0.6 is 35.3 Å². The molecule has 1 aliphatic heterocycles. The molecular weight excluding hydrogens is 455 g/mol. The van der Waals surface area contributed by atoms with Crippen LogP contribution in [0.3, 0.4) is 0 Å². The molecular formula is C20H27IN4S. The summed E-state index contributed by atoms with van der Waals surface area (Å²) in [6, 6.07) is 10.9. The van der Waals surface area contributed by atoms with Crippen molar-refractivity contribution in [2.75, 3.05) is 31.6 Å². The Morgan fingerprint density at radius 3 is 2.50 bits per heavy atom. The number of anilines is 1. The number of hydrogen-bond acceptors (Lipinski definition) is 3. The van der Waals surface area contributed by atoms with Gasteiger partial charge in [-0.25, -0.2) is 0 Å². The average Bonchev–Trinajstić information content (AvgIpc) is 3.36. The molecule has 0 spiro atoms. The van der Waals surface area contributed by atoms with Crippen molar-refractivity contribution in [3.63, 3.8) is 0 Å². The van der Waals surface area contributed by atoms with Gasteiger partial charge in [0, 0.05) is 38.9 Å². The van der Waals surface area contributed by atoms with Gasteiger partial charge in [0.05, 0.1) is 0 Å². The quantitative estimate of drug-likeness (QED) is 0.281. The van der Waals surface area contributed by atoms with Gasteiger partial charge in [-0.3, -0.25) is 4.99 Å². The van der Waals surface area contributed by atoms with E-state index in [1.165, 1.54) is 16.8 Å². The molecule has 140 valence electrons. The summed E-state index contributed by atoms with van der Waals surface area (Å²) in [7, 11) is 1.81. The van der Waals surface area contributed by atoms with Gasteiger partial charge >= 0.3 is 0 Å². The van der Waals surface area contributed by atoms with Crippen molar-refractivity contribution in [2.45, 2.75) is 19.4 Å². The molecule has 0 saturated carbocycles. The van der Waals surface area contributed by atoms with E-state index in [0.717, 1.165) is 32.1 Å². The third-order valence-electron chi connectivity index (χ3n) is 4.49. The first-order valence-electron chi connectivity index (χ1n) is 8.72. The predicted octanol–water partition coefficient (Wildman–Crippen LogP) is 4.21. The number of thiophene rings is 1. The molecule has 4 nitrogen and oxygen atoms in total. The number of nitrogens with one attached hydrogen (secondary N) is 2. The number of hydrogen-bond donors (Lipinski definition) is 2. The van der Waals surface area contributed by atoms with Crippen molar-refractivity contribution in [2.24, 2.45) is 4.99 Å². The van der Waals surface area contributed by atoms with Crippen LogP contribution in [0.15, 0.2) is 58.2 Å². The lowest BCUT2D eigenvalue weighted by molar-refractivity contribution is 0.701. The van der Waals surface area contributed by atoms with E-state index in [4.69, 9.17) is 0 Å². The highest BCUT2D eigenvalue weighted by atomic mass is 127. The summed E-state index contributed by atoms with van der Waals surface area (Å²) < 4.78 is 0. The second kappa shape index (κ2) is 10.6. The Hall–Kier alpha value is -1.54. The summed E-state index contributed by atoms with van der Waals surface area (Å²) in [6.07, 6.45) is 4.42. The van der Waals surface area contributed by atoms with E-state index >= 15 is 0 Å². The average molecular weight is 482 g/mol. The van der Waals surface area contributed by atoms with Gasteiger partial charge in [-0.2, -0.15) is 11.3 Å². The fraction of sp³-hybridized carbons (Fsp3) is 0.350. The van der Waals surface area contributed by atoms with Crippen LogP contribution in [0.2, 0.25) is 0 Å². The molecule has 0 bridgehead atoms. The Morgan fingerprint density at radius 1 is 1.15 bits per heavy atom. The Kier molecular flexibility index (Phi) is 8.44. The van der Waals surface area contributed by atoms with Crippen LogP contribution in [-0.4, -0.2) is 32.6 Å². The summed E-state index contributed by atoms with van der Waals surface area (Å²) >= 11 is 1.74. The van der Waals surface area contributed by atoms with Gasteiger partial charge in [-0.05, 0) is 46.0 Å². The van der Waals surface area contributed by atoms with Crippen molar-refractivity contribution in [3.8, 4) is 0 Å². The molecule has 0 radical (unpaired) electrons. The summed E-state index contributed by atoms with van der Waals surface area (Å²) in [5, 5.41) is 11.1. The summed E-state index contributed by atoms with van der Waals surface area (Å²) in [5.41, 5.74) is 3.91. The van der Waals surface area contributed by atoms with Crippen molar-refractivity contribution in [1.29, 1.82) is 0 Å². The molecule has 1 aliphatic rings. The molecule has 1 unspecified atom stereocenters. The standard InChI is InChI=1S/C20H26N4S.HI/c1-16(18-9-12-25-15-18)13-22-20(21-2)23-14-17-5-7-19(8-6-17)24-10-3-4-11-24;/h3-9,12,15-16H,10-11,13-14H2,1-2H3,(H2,21,22,23);1H. The minimum absolute atomic E-state index is 0. The van der Waals surface area contributed by atoms with E-state index in [1.54, 1.807) is 11.3 Å². The van der Waals surface area contributed by atoms with Crippen LogP contribution in [0.25, 0.3) is 0 Å². The van der Waals surface area contributed by atoms with Crippen LogP contribution in [0.4, 0.5) is 5.69 Å². The number of rotatable bonds is 6. The fourth-order valence-electron chi connectivity index (χ4n) is 2.84. The van der Waals surface area contributed by atoms with Gasteiger partial charge < -0.3 is 15.5 Å². The zero-order chi connectivity index (χ0) is 17.5. The summed E-state index contributed by atoms with van der Waals surface area (Å²) in [5.74, 6) is 1.31. The van der Waals surface area contributed by atoms with Crippen LogP contribution in [0, 0.1) is 0 Å². The van der Waals surface area contributed by atoms with Crippen molar-refractivity contribution in [3.05, 3.63) is 64.4 Å². The van der Waals surface area contributed by atoms with Gasteiger partial charge in [0.1, 0.15) is 0 Å². The second-order valence-electron chi connectivity index (χ2n) is 6.31. The van der Waals surface area contributed by atoms with E-state index in [9.17, 15) is 0 Å². The first-order valence-corrected chi connectivity index (χ1v) is 9.66. The second-order valence-corrected chi connectivity index (χ2v) is 7.09. The lowest BCUT2D eigenvalue weighted by atomic mass is 10.1. The zero-order valence-electron chi connectivity index (χ0n) is 15.3. The normalized spacial score (nSPS) is 14.8. The minimum Gasteiger partial charge on any atom is -0.364 e. The largest absolute Gasteiger partial charge is 0.364 e. The van der Waals surface area contributed by atoms with Gasteiger partial charge in [-0.15, -0.1) is 24.0 Å². The summed E-state index contributed by atoms with van der Waals surface area (Å²) in [4.78, 5) is 6.67. The maximum atomic E-state index is 4.32. The SMILES string of the molecule is CN=C(NCc1ccc(N2CC=CC2)cc1)NCC(C)c1ccsc1.I. The van der Waals surface area contributed by atoms with Crippen molar-refractivity contribution < 1.29 is 0 Å². The predicted molar refractivity (Wildman–Crippen MR) is 124 cm³/mol. The number of aliphatic imine (C=N–C) groups is 1. The van der Waals surface area contributed by atoms with E-state index in [-0.39, 0.29) is 24.0 Å². The van der Waals surface area contributed by atoms with Crippen LogP contribution in [0.1, 0.15) is 24.0 Å². The monoisotopic (exact) mass is 482 g/mol. The molecule has 26 heavy (non-hydrogen) atoms. The van der Waals surface area contributed by atoms with Crippen LogP contribution < -0.4 is 15.5 Å². The molecule has 2 heterocycles.